The first-order valence-electron chi connectivity index (χ1n) is 7.92. The van der Waals surface area contributed by atoms with E-state index in [1.807, 2.05) is 0 Å². The van der Waals surface area contributed by atoms with Crippen LogP contribution in [0.15, 0.2) is 18.2 Å². The number of anilines is 2. The predicted molar refractivity (Wildman–Crippen MR) is 91.2 cm³/mol. The summed E-state index contributed by atoms with van der Waals surface area (Å²) < 4.78 is 5.71. The number of hydrogen-bond acceptors (Lipinski definition) is 5. The molecule has 1 unspecified atom stereocenters. The molecule has 2 rings (SSSR count). The molecule has 1 aromatic rings. The second kappa shape index (κ2) is 7.84. The number of nitrogens with zero attached hydrogens (tertiary/aromatic N) is 1. The van der Waals surface area contributed by atoms with E-state index in [9.17, 15) is 14.4 Å². The molecule has 0 aliphatic carbocycles. The van der Waals surface area contributed by atoms with Crippen LogP contribution in [-0.4, -0.2) is 53.2 Å². The average molecular weight is 350 g/mol. The predicted octanol–water partition coefficient (Wildman–Crippen LogP) is 0.854. The fourth-order valence-corrected chi connectivity index (χ4v) is 2.66. The normalized spacial score (nSPS) is 16.3. The molecule has 0 aromatic heterocycles. The lowest BCUT2D eigenvalue weighted by molar-refractivity contribution is -0.131. The maximum Gasteiger partial charge on any atom is 0.407 e. The van der Waals surface area contributed by atoms with Crippen LogP contribution in [0.25, 0.3) is 0 Å². The second-order valence-electron chi connectivity index (χ2n) is 5.87. The van der Waals surface area contributed by atoms with E-state index in [0.29, 0.717) is 25.9 Å². The van der Waals surface area contributed by atoms with Crippen molar-refractivity contribution in [1.82, 2.24) is 4.90 Å². The van der Waals surface area contributed by atoms with Gasteiger partial charge < -0.3 is 31.5 Å². The number of carbonyl (C=O) groups excluding carboxylic acids is 2. The van der Waals surface area contributed by atoms with Gasteiger partial charge in [-0.3, -0.25) is 9.59 Å². The van der Waals surface area contributed by atoms with Crippen molar-refractivity contribution in [3.05, 3.63) is 23.8 Å². The number of likely N-dealkylation sites (tertiary alicyclic amines) is 1. The zero-order chi connectivity index (χ0) is 18.6. The van der Waals surface area contributed by atoms with Gasteiger partial charge in [-0.15, -0.1) is 0 Å². The molecule has 6 N–H and O–H groups in total. The van der Waals surface area contributed by atoms with Gasteiger partial charge in [-0.2, -0.15) is 0 Å². The third-order valence-electron chi connectivity index (χ3n) is 4.11. The molecule has 1 saturated heterocycles. The van der Waals surface area contributed by atoms with E-state index in [-0.39, 0.29) is 23.0 Å². The summed E-state index contributed by atoms with van der Waals surface area (Å²) in [6.07, 6.45) is -0.829. The number of nitrogen functional groups attached to an aromatic ring is 1. The zero-order valence-electron chi connectivity index (χ0n) is 13.9. The van der Waals surface area contributed by atoms with Crippen molar-refractivity contribution in [2.24, 2.45) is 5.73 Å². The summed E-state index contributed by atoms with van der Waals surface area (Å²) in [5.41, 5.74) is 11.6. The van der Waals surface area contributed by atoms with Crippen LogP contribution in [-0.2, 0) is 9.53 Å². The van der Waals surface area contributed by atoms with Crippen molar-refractivity contribution < 1.29 is 24.2 Å². The summed E-state index contributed by atoms with van der Waals surface area (Å²) in [7, 11) is 0. The third kappa shape index (κ3) is 4.60. The van der Waals surface area contributed by atoms with Crippen LogP contribution in [0.3, 0.4) is 0 Å². The van der Waals surface area contributed by atoms with Gasteiger partial charge >= 0.3 is 6.09 Å². The minimum atomic E-state index is -0.950. The molecule has 9 nitrogen and oxygen atoms in total. The lowest BCUT2D eigenvalue weighted by atomic mass is 10.1. The summed E-state index contributed by atoms with van der Waals surface area (Å²) in [6, 6.07) is 4.61. The number of hydrogen-bond donors (Lipinski definition) is 4. The molecule has 3 amide bonds. The Morgan fingerprint density at radius 2 is 1.96 bits per heavy atom. The summed E-state index contributed by atoms with van der Waals surface area (Å²) in [6.45, 7) is 2.36. The van der Waals surface area contributed by atoms with Crippen LogP contribution < -0.4 is 16.8 Å². The summed E-state index contributed by atoms with van der Waals surface area (Å²) in [5, 5.41) is 11.5. The Balaban J connectivity index is 1.92. The molecule has 0 bridgehead atoms. The van der Waals surface area contributed by atoms with Gasteiger partial charge in [-0.1, -0.05) is 6.07 Å². The maximum absolute atomic E-state index is 12.3. The molecule has 9 heteroatoms. The smallest absolute Gasteiger partial charge is 0.407 e. The largest absolute Gasteiger partial charge is 0.465 e. The number of ether oxygens (including phenoxy) is 1. The number of amides is 3. The highest BCUT2D eigenvalue weighted by molar-refractivity contribution is 6.04. The minimum Gasteiger partial charge on any atom is -0.465 e. The van der Waals surface area contributed by atoms with Crippen molar-refractivity contribution in [3.8, 4) is 0 Å². The van der Waals surface area contributed by atoms with Crippen LogP contribution >= 0.6 is 0 Å². The molecule has 1 aromatic carbocycles. The number of carboxylic acid groups (broad SMARTS) is 1. The van der Waals surface area contributed by atoms with Crippen molar-refractivity contribution in [1.29, 1.82) is 0 Å². The number of rotatable bonds is 5. The zero-order valence-corrected chi connectivity index (χ0v) is 13.9. The van der Waals surface area contributed by atoms with Gasteiger partial charge in [0, 0.05) is 13.1 Å². The first-order chi connectivity index (χ1) is 11.8. The van der Waals surface area contributed by atoms with Gasteiger partial charge in [0.2, 0.25) is 0 Å². The first kappa shape index (κ1) is 18.5. The van der Waals surface area contributed by atoms with E-state index in [4.69, 9.17) is 21.3 Å². The molecular formula is C16H22N4O5. The highest BCUT2D eigenvalue weighted by Crippen LogP contribution is 2.23. The van der Waals surface area contributed by atoms with Crippen LogP contribution in [0.1, 0.15) is 30.1 Å². The number of piperidine rings is 1. The molecule has 1 fully saturated rings. The molecule has 25 heavy (non-hydrogen) atoms. The third-order valence-corrected chi connectivity index (χ3v) is 4.11. The van der Waals surface area contributed by atoms with Gasteiger partial charge in [-0.05, 0) is 31.9 Å². The van der Waals surface area contributed by atoms with Crippen molar-refractivity contribution >= 4 is 29.3 Å². The topological polar surface area (TPSA) is 148 Å². The number of carbonyl (C=O) groups is 3. The molecule has 1 aliphatic rings. The van der Waals surface area contributed by atoms with E-state index in [1.165, 1.54) is 11.0 Å². The summed E-state index contributed by atoms with van der Waals surface area (Å²) >= 11 is 0. The quantitative estimate of drug-likeness (QED) is 0.579. The Bertz CT molecular complexity index is 670. The van der Waals surface area contributed by atoms with Crippen molar-refractivity contribution in [2.75, 3.05) is 24.1 Å². The first-order valence-corrected chi connectivity index (χ1v) is 7.92. The van der Waals surface area contributed by atoms with Gasteiger partial charge in [0.15, 0.2) is 0 Å². The molecule has 1 atom stereocenters. The lowest BCUT2D eigenvalue weighted by Crippen LogP contribution is -2.42. The Kier molecular flexibility index (Phi) is 5.81. The molecule has 1 aliphatic heterocycles. The van der Waals surface area contributed by atoms with Gasteiger partial charge in [0.25, 0.3) is 11.8 Å². The molecule has 0 spiro atoms. The maximum atomic E-state index is 12.3. The van der Waals surface area contributed by atoms with E-state index >= 15 is 0 Å². The fraction of sp³-hybridized carbons (Fsp3) is 0.438. The molecule has 0 radical (unpaired) electrons. The van der Waals surface area contributed by atoms with Gasteiger partial charge in [-0.25, -0.2) is 4.79 Å². The fourth-order valence-electron chi connectivity index (χ4n) is 2.66. The Labute approximate surface area is 144 Å². The SMILES string of the molecule is CC(OC1CCN(C(=O)O)CC1)C(=O)Nc1cccc(C(N)=O)c1N. The highest BCUT2D eigenvalue weighted by atomic mass is 16.5. The number of primary amides is 1. The van der Waals surface area contributed by atoms with E-state index in [1.54, 1.807) is 19.1 Å². The second-order valence-corrected chi connectivity index (χ2v) is 5.87. The molecule has 0 saturated carbocycles. The standard InChI is InChI=1S/C16H22N4O5/c1-9(25-10-5-7-20(8-6-10)16(23)24)15(22)19-12-4-2-3-11(13(12)17)14(18)21/h2-4,9-10H,5-8,17H2,1H3,(H2,18,21)(H,19,22)(H,23,24). The summed E-state index contributed by atoms with van der Waals surface area (Å²) in [4.78, 5) is 35.8. The van der Waals surface area contributed by atoms with Crippen molar-refractivity contribution in [3.63, 3.8) is 0 Å². The minimum absolute atomic E-state index is 0.102. The number of nitrogens with one attached hydrogen (secondary N) is 1. The summed E-state index contributed by atoms with van der Waals surface area (Å²) in [5.74, 6) is -1.09. The monoisotopic (exact) mass is 350 g/mol. The van der Waals surface area contributed by atoms with E-state index in [2.05, 4.69) is 5.32 Å². The number of benzene rings is 1. The average Bonchev–Trinajstić information content (AvgIpc) is 2.56. The van der Waals surface area contributed by atoms with Crippen LogP contribution in [0.5, 0.6) is 0 Å². The van der Waals surface area contributed by atoms with Gasteiger partial charge in [0.1, 0.15) is 6.10 Å². The lowest BCUT2D eigenvalue weighted by Gasteiger charge is -2.31. The van der Waals surface area contributed by atoms with E-state index < -0.39 is 24.0 Å². The molecule has 1 heterocycles. The Morgan fingerprint density at radius 1 is 1.32 bits per heavy atom. The van der Waals surface area contributed by atoms with Crippen LogP contribution in [0.4, 0.5) is 16.2 Å². The molecular weight excluding hydrogens is 328 g/mol. The Hall–Kier alpha value is -2.81. The highest BCUT2D eigenvalue weighted by Gasteiger charge is 2.26. The van der Waals surface area contributed by atoms with Gasteiger partial charge in [0.05, 0.1) is 23.0 Å². The van der Waals surface area contributed by atoms with Crippen molar-refractivity contribution in [2.45, 2.75) is 32.0 Å². The number of para-hydroxylation sites is 1. The van der Waals surface area contributed by atoms with Crippen LogP contribution in [0.2, 0.25) is 0 Å². The Morgan fingerprint density at radius 3 is 2.52 bits per heavy atom. The molecule has 136 valence electrons. The van der Waals surface area contributed by atoms with E-state index in [0.717, 1.165) is 0 Å². The van der Waals surface area contributed by atoms with Crippen LogP contribution in [0, 0.1) is 0 Å². The number of nitrogens with two attached hydrogens (primary N) is 2.